The van der Waals surface area contributed by atoms with Gasteiger partial charge in [0.25, 0.3) is 11.8 Å². The van der Waals surface area contributed by atoms with Crippen molar-refractivity contribution in [1.29, 1.82) is 0 Å². The lowest BCUT2D eigenvalue weighted by molar-refractivity contribution is 0.0954. The number of anilines is 1. The molecule has 0 atom stereocenters. The van der Waals surface area contributed by atoms with Crippen LogP contribution < -0.4 is 10.7 Å². The average Bonchev–Trinajstić information content (AvgIpc) is 2.73. The molecular formula is C24H23N3O2. The Morgan fingerprint density at radius 2 is 1.38 bits per heavy atom. The lowest BCUT2D eigenvalue weighted by Crippen LogP contribution is -2.19. The topological polar surface area (TPSA) is 70.6 Å². The summed E-state index contributed by atoms with van der Waals surface area (Å²) in [6.07, 6.45) is 0. The summed E-state index contributed by atoms with van der Waals surface area (Å²) in [7, 11) is 0. The summed E-state index contributed by atoms with van der Waals surface area (Å²) < 4.78 is 0. The molecule has 0 aromatic heterocycles. The minimum atomic E-state index is -0.312. The molecule has 3 aromatic carbocycles. The predicted octanol–water partition coefficient (Wildman–Crippen LogP) is 4.71. The van der Waals surface area contributed by atoms with E-state index in [1.807, 2.05) is 63.2 Å². The van der Waals surface area contributed by atoms with E-state index in [-0.39, 0.29) is 11.8 Å². The number of rotatable bonds is 5. The standard InChI is InChI=1S/C24H23N3O2/c1-16-7-9-19(10-8-16)18(3)26-27-24(29)20-11-13-22(14-12-20)25-23(28)21-6-4-5-17(2)15-21/h4-15H,1-3H3,(H,25,28)(H,27,29)/b26-18+. The third-order valence-electron chi connectivity index (χ3n) is 4.48. The van der Waals surface area contributed by atoms with Gasteiger partial charge in [-0.05, 0) is 62.7 Å². The number of hydrogen-bond acceptors (Lipinski definition) is 3. The molecule has 0 spiro atoms. The lowest BCUT2D eigenvalue weighted by atomic mass is 10.1. The largest absolute Gasteiger partial charge is 0.322 e. The molecule has 0 aliphatic carbocycles. The van der Waals surface area contributed by atoms with Crippen molar-refractivity contribution in [3.8, 4) is 0 Å². The van der Waals surface area contributed by atoms with Crippen LogP contribution in [0.4, 0.5) is 5.69 Å². The second kappa shape index (κ2) is 8.97. The van der Waals surface area contributed by atoms with Crippen molar-refractivity contribution in [3.63, 3.8) is 0 Å². The summed E-state index contributed by atoms with van der Waals surface area (Å²) in [6, 6.07) is 22.0. The van der Waals surface area contributed by atoms with E-state index in [4.69, 9.17) is 0 Å². The minimum absolute atomic E-state index is 0.191. The zero-order valence-corrected chi connectivity index (χ0v) is 16.7. The van der Waals surface area contributed by atoms with Gasteiger partial charge in [-0.15, -0.1) is 0 Å². The summed E-state index contributed by atoms with van der Waals surface area (Å²) in [4.78, 5) is 24.6. The van der Waals surface area contributed by atoms with Gasteiger partial charge in [0, 0.05) is 16.8 Å². The molecule has 0 saturated carbocycles. The monoisotopic (exact) mass is 385 g/mol. The van der Waals surface area contributed by atoms with Gasteiger partial charge in [0.15, 0.2) is 0 Å². The minimum Gasteiger partial charge on any atom is -0.322 e. The Bertz CT molecular complexity index is 1050. The molecule has 0 aliphatic rings. The van der Waals surface area contributed by atoms with Crippen molar-refractivity contribution in [2.45, 2.75) is 20.8 Å². The van der Waals surface area contributed by atoms with Crippen LogP contribution in [0.1, 0.15) is 44.3 Å². The highest BCUT2D eigenvalue weighted by molar-refractivity contribution is 6.05. The highest BCUT2D eigenvalue weighted by Gasteiger charge is 2.08. The smallest absolute Gasteiger partial charge is 0.271 e. The summed E-state index contributed by atoms with van der Waals surface area (Å²) in [5, 5.41) is 7.00. The van der Waals surface area contributed by atoms with Crippen LogP contribution in [-0.4, -0.2) is 17.5 Å². The molecule has 2 amide bonds. The molecule has 29 heavy (non-hydrogen) atoms. The van der Waals surface area contributed by atoms with E-state index in [0.29, 0.717) is 16.8 Å². The molecule has 0 unspecified atom stereocenters. The van der Waals surface area contributed by atoms with Gasteiger partial charge in [-0.25, -0.2) is 5.43 Å². The van der Waals surface area contributed by atoms with Gasteiger partial charge in [0.05, 0.1) is 5.71 Å². The van der Waals surface area contributed by atoms with Gasteiger partial charge in [-0.1, -0.05) is 47.5 Å². The molecule has 5 heteroatoms. The number of carbonyl (C=O) groups is 2. The van der Waals surface area contributed by atoms with E-state index in [1.165, 1.54) is 5.56 Å². The second-order valence-corrected chi connectivity index (χ2v) is 6.91. The van der Waals surface area contributed by atoms with E-state index >= 15 is 0 Å². The van der Waals surface area contributed by atoms with E-state index in [1.54, 1.807) is 30.3 Å². The fraction of sp³-hybridized carbons (Fsp3) is 0.125. The maximum absolute atomic E-state index is 12.3. The molecule has 0 bridgehead atoms. The zero-order valence-electron chi connectivity index (χ0n) is 16.7. The number of carbonyl (C=O) groups excluding carboxylic acids is 2. The number of nitrogens with one attached hydrogen (secondary N) is 2. The third-order valence-corrected chi connectivity index (χ3v) is 4.48. The van der Waals surface area contributed by atoms with Crippen LogP contribution in [0.3, 0.4) is 0 Å². The molecule has 0 fully saturated rings. The fourth-order valence-electron chi connectivity index (χ4n) is 2.75. The maximum Gasteiger partial charge on any atom is 0.271 e. The Labute approximate surface area is 170 Å². The molecule has 3 aromatic rings. The molecule has 2 N–H and O–H groups in total. The lowest BCUT2D eigenvalue weighted by Gasteiger charge is -2.07. The SMILES string of the molecule is C/C(=N\NC(=O)c1ccc(NC(=O)c2cccc(C)c2)cc1)c1ccc(C)cc1. The van der Waals surface area contributed by atoms with Crippen molar-refractivity contribution >= 4 is 23.2 Å². The van der Waals surface area contributed by atoms with Gasteiger partial charge in [-0.2, -0.15) is 5.10 Å². The van der Waals surface area contributed by atoms with Crippen molar-refractivity contribution in [1.82, 2.24) is 5.43 Å². The summed E-state index contributed by atoms with van der Waals surface area (Å²) in [5.41, 5.74) is 8.09. The quantitative estimate of drug-likeness (QED) is 0.493. The normalized spacial score (nSPS) is 11.1. The van der Waals surface area contributed by atoms with Crippen LogP contribution in [0.5, 0.6) is 0 Å². The molecule has 146 valence electrons. The number of hydrazone groups is 1. The van der Waals surface area contributed by atoms with Crippen molar-refractivity contribution in [2.75, 3.05) is 5.32 Å². The van der Waals surface area contributed by atoms with Gasteiger partial charge in [-0.3, -0.25) is 9.59 Å². The van der Waals surface area contributed by atoms with Crippen molar-refractivity contribution in [3.05, 3.63) is 101 Å². The van der Waals surface area contributed by atoms with Crippen LogP contribution >= 0.6 is 0 Å². The summed E-state index contributed by atoms with van der Waals surface area (Å²) >= 11 is 0. The molecule has 3 rings (SSSR count). The number of nitrogens with zero attached hydrogens (tertiary/aromatic N) is 1. The number of amides is 2. The fourth-order valence-corrected chi connectivity index (χ4v) is 2.75. The van der Waals surface area contributed by atoms with Crippen LogP contribution in [-0.2, 0) is 0 Å². The molecular weight excluding hydrogens is 362 g/mol. The second-order valence-electron chi connectivity index (χ2n) is 6.91. The molecule has 5 nitrogen and oxygen atoms in total. The van der Waals surface area contributed by atoms with E-state index in [2.05, 4.69) is 15.8 Å². The number of aryl methyl sites for hydroxylation is 2. The Kier molecular flexibility index (Phi) is 6.19. The average molecular weight is 385 g/mol. The Morgan fingerprint density at radius 1 is 0.724 bits per heavy atom. The van der Waals surface area contributed by atoms with Gasteiger partial charge in [0.1, 0.15) is 0 Å². The number of hydrogen-bond donors (Lipinski definition) is 2. The Balaban J connectivity index is 1.62. The van der Waals surface area contributed by atoms with Crippen LogP contribution in [0, 0.1) is 13.8 Å². The zero-order chi connectivity index (χ0) is 20.8. The van der Waals surface area contributed by atoms with Gasteiger partial charge >= 0.3 is 0 Å². The molecule has 0 radical (unpaired) electrons. The third kappa shape index (κ3) is 5.39. The van der Waals surface area contributed by atoms with Crippen LogP contribution in [0.15, 0.2) is 77.9 Å². The predicted molar refractivity (Wildman–Crippen MR) is 116 cm³/mol. The van der Waals surface area contributed by atoms with Crippen LogP contribution in [0.25, 0.3) is 0 Å². The first-order valence-electron chi connectivity index (χ1n) is 9.32. The van der Waals surface area contributed by atoms with Crippen molar-refractivity contribution in [2.24, 2.45) is 5.10 Å². The Hall–Kier alpha value is -3.73. The number of benzene rings is 3. The molecule has 0 heterocycles. The first kappa shape index (κ1) is 20.0. The van der Waals surface area contributed by atoms with E-state index in [0.717, 1.165) is 16.8 Å². The summed E-state index contributed by atoms with van der Waals surface area (Å²) in [5.74, 6) is -0.503. The van der Waals surface area contributed by atoms with Crippen molar-refractivity contribution < 1.29 is 9.59 Å². The first-order valence-corrected chi connectivity index (χ1v) is 9.32. The molecule has 0 aliphatic heterocycles. The maximum atomic E-state index is 12.3. The van der Waals surface area contributed by atoms with E-state index < -0.39 is 0 Å². The molecule has 0 saturated heterocycles. The summed E-state index contributed by atoms with van der Waals surface area (Å²) in [6.45, 7) is 5.80. The van der Waals surface area contributed by atoms with Crippen LogP contribution in [0.2, 0.25) is 0 Å². The Morgan fingerprint density at radius 3 is 2.03 bits per heavy atom. The first-order chi connectivity index (χ1) is 13.9. The highest BCUT2D eigenvalue weighted by Crippen LogP contribution is 2.13. The highest BCUT2D eigenvalue weighted by atomic mass is 16.2. The van der Waals surface area contributed by atoms with E-state index in [9.17, 15) is 9.59 Å². The van der Waals surface area contributed by atoms with Gasteiger partial charge < -0.3 is 5.32 Å². The van der Waals surface area contributed by atoms with Gasteiger partial charge in [0.2, 0.25) is 0 Å².